The third-order valence-corrected chi connectivity index (χ3v) is 3.71. The predicted molar refractivity (Wildman–Crippen MR) is 81.4 cm³/mol. The van der Waals surface area contributed by atoms with Gasteiger partial charge in [-0.3, -0.25) is 9.79 Å². The molecule has 0 saturated heterocycles. The molecule has 1 aromatic carbocycles. The van der Waals surface area contributed by atoms with Crippen molar-refractivity contribution in [2.24, 2.45) is 0 Å². The molecule has 0 aliphatic rings. The summed E-state index contributed by atoms with van der Waals surface area (Å²) in [5.74, 6) is 1.05. The smallest absolute Gasteiger partial charge is 0.404 e. The summed E-state index contributed by atoms with van der Waals surface area (Å²) < 4.78 is 16.0. The third-order valence-electron chi connectivity index (χ3n) is 3.27. The van der Waals surface area contributed by atoms with Crippen molar-refractivity contribution >= 4 is 7.82 Å². The van der Waals surface area contributed by atoms with Crippen LogP contribution in [0.15, 0.2) is 12.1 Å². The molecular formula is C15H25O4P. The lowest BCUT2D eigenvalue weighted by molar-refractivity contribution is 0.281. The zero-order valence-electron chi connectivity index (χ0n) is 13.0. The quantitative estimate of drug-likeness (QED) is 0.784. The van der Waals surface area contributed by atoms with E-state index in [1.54, 1.807) is 6.07 Å². The zero-order chi connectivity index (χ0) is 15.7. The first-order valence-corrected chi connectivity index (χ1v) is 8.49. The van der Waals surface area contributed by atoms with E-state index < -0.39 is 7.82 Å². The number of phosphoric acid groups is 1. The summed E-state index contributed by atoms with van der Waals surface area (Å²) in [7, 11) is -4.54. The molecule has 0 radical (unpaired) electrons. The Bertz CT molecular complexity index is 515. The van der Waals surface area contributed by atoms with Crippen LogP contribution in [0.5, 0.6) is 5.75 Å². The van der Waals surface area contributed by atoms with Gasteiger partial charge in [0.05, 0.1) is 0 Å². The first kappa shape index (κ1) is 17.2. The molecule has 2 N–H and O–H groups in total. The Balaban J connectivity index is 3.56. The van der Waals surface area contributed by atoms with Gasteiger partial charge in [0.2, 0.25) is 0 Å². The van der Waals surface area contributed by atoms with Gasteiger partial charge >= 0.3 is 7.82 Å². The van der Waals surface area contributed by atoms with Gasteiger partial charge in [0, 0.05) is 5.56 Å². The molecule has 0 spiro atoms. The largest absolute Gasteiger partial charge is 0.524 e. The minimum atomic E-state index is -4.54. The van der Waals surface area contributed by atoms with Gasteiger partial charge in [-0.1, -0.05) is 47.6 Å². The van der Waals surface area contributed by atoms with Crippen molar-refractivity contribution in [1.29, 1.82) is 0 Å². The monoisotopic (exact) mass is 300 g/mol. The zero-order valence-corrected chi connectivity index (χ0v) is 13.9. The SMILES string of the molecule is CC(C)c1ccc(OP(=O)(O)O)c(C(C)C)c1C(C)C. The lowest BCUT2D eigenvalue weighted by atomic mass is 9.83. The Morgan fingerprint density at radius 3 is 1.75 bits per heavy atom. The van der Waals surface area contributed by atoms with Crippen molar-refractivity contribution in [2.45, 2.75) is 59.3 Å². The van der Waals surface area contributed by atoms with Crippen LogP contribution in [0.1, 0.15) is 76.0 Å². The van der Waals surface area contributed by atoms with E-state index in [2.05, 4.69) is 27.7 Å². The molecule has 0 unspecified atom stereocenters. The van der Waals surface area contributed by atoms with Crippen molar-refractivity contribution in [2.75, 3.05) is 0 Å². The number of hydrogen-bond acceptors (Lipinski definition) is 2. The van der Waals surface area contributed by atoms with Crippen molar-refractivity contribution in [1.82, 2.24) is 0 Å². The van der Waals surface area contributed by atoms with Crippen molar-refractivity contribution < 1.29 is 18.9 Å². The van der Waals surface area contributed by atoms with E-state index in [-0.39, 0.29) is 11.8 Å². The Labute approximate surface area is 121 Å². The van der Waals surface area contributed by atoms with Crippen molar-refractivity contribution in [3.8, 4) is 5.75 Å². The highest BCUT2D eigenvalue weighted by atomic mass is 31.2. The molecule has 20 heavy (non-hydrogen) atoms. The molecule has 4 nitrogen and oxygen atoms in total. The molecule has 114 valence electrons. The Hall–Kier alpha value is -0.830. The third kappa shape index (κ3) is 4.08. The second kappa shape index (κ2) is 6.30. The maximum atomic E-state index is 11.1. The predicted octanol–water partition coefficient (Wildman–Crippen LogP) is 4.53. The second-order valence-electron chi connectivity index (χ2n) is 6.03. The van der Waals surface area contributed by atoms with Gasteiger partial charge < -0.3 is 4.52 Å². The lowest BCUT2D eigenvalue weighted by Crippen LogP contribution is -2.08. The van der Waals surface area contributed by atoms with Gasteiger partial charge in [0.15, 0.2) is 0 Å². The van der Waals surface area contributed by atoms with E-state index in [0.717, 1.165) is 11.1 Å². The van der Waals surface area contributed by atoms with E-state index in [4.69, 9.17) is 14.3 Å². The van der Waals surface area contributed by atoms with Crippen molar-refractivity contribution in [3.63, 3.8) is 0 Å². The second-order valence-corrected chi connectivity index (χ2v) is 7.19. The summed E-state index contributed by atoms with van der Waals surface area (Å²) in [5.41, 5.74) is 3.25. The maximum absolute atomic E-state index is 11.1. The van der Waals surface area contributed by atoms with Crippen LogP contribution in [0, 0.1) is 0 Å². The highest BCUT2D eigenvalue weighted by Crippen LogP contribution is 2.45. The van der Waals surface area contributed by atoms with E-state index in [1.807, 2.05) is 19.9 Å². The number of benzene rings is 1. The molecule has 0 saturated carbocycles. The standard InChI is InChI=1S/C15H25O4P/c1-9(2)12-7-8-13(19-20(16,17)18)15(11(5)6)14(12)10(3)4/h7-11H,1-6H3,(H2,16,17,18). The molecule has 1 rings (SSSR count). The van der Waals surface area contributed by atoms with Gasteiger partial charge in [0.25, 0.3) is 0 Å². The van der Waals surface area contributed by atoms with Gasteiger partial charge in [0.1, 0.15) is 5.75 Å². The molecule has 0 aliphatic carbocycles. The summed E-state index contributed by atoms with van der Waals surface area (Å²) in [4.78, 5) is 18.1. The number of phosphoric ester groups is 1. The molecule has 0 atom stereocenters. The molecule has 0 aromatic heterocycles. The minimum Gasteiger partial charge on any atom is -0.404 e. The molecule has 0 amide bonds. The summed E-state index contributed by atoms with van der Waals surface area (Å²) in [5, 5.41) is 0. The van der Waals surface area contributed by atoms with E-state index >= 15 is 0 Å². The van der Waals surface area contributed by atoms with Gasteiger partial charge in [-0.2, -0.15) is 0 Å². The topological polar surface area (TPSA) is 66.8 Å². The fraction of sp³-hybridized carbons (Fsp3) is 0.600. The van der Waals surface area contributed by atoms with E-state index in [9.17, 15) is 4.57 Å². The number of hydrogen-bond donors (Lipinski definition) is 2. The van der Waals surface area contributed by atoms with E-state index in [0.29, 0.717) is 11.7 Å². The van der Waals surface area contributed by atoms with Gasteiger partial charge in [-0.25, -0.2) is 4.57 Å². The Morgan fingerprint density at radius 1 is 0.900 bits per heavy atom. The molecular weight excluding hydrogens is 275 g/mol. The lowest BCUT2D eigenvalue weighted by Gasteiger charge is -2.25. The van der Waals surface area contributed by atoms with Crippen LogP contribution in [0.2, 0.25) is 0 Å². The molecule has 1 aromatic rings. The van der Waals surface area contributed by atoms with Crippen LogP contribution >= 0.6 is 7.82 Å². The summed E-state index contributed by atoms with van der Waals surface area (Å²) >= 11 is 0. The molecule has 0 heterocycles. The maximum Gasteiger partial charge on any atom is 0.524 e. The highest BCUT2D eigenvalue weighted by Gasteiger charge is 2.25. The fourth-order valence-corrected chi connectivity index (χ4v) is 3.00. The van der Waals surface area contributed by atoms with Crippen LogP contribution in [0.4, 0.5) is 0 Å². The van der Waals surface area contributed by atoms with Crippen LogP contribution in [0.25, 0.3) is 0 Å². The van der Waals surface area contributed by atoms with Crippen LogP contribution in [-0.2, 0) is 4.57 Å². The fourth-order valence-electron chi connectivity index (χ4n) is 2.58. The Kier molecular flexibility index (Phi) is 5.42. The van der Waals surface area contributed by atoms with E-state index in [1.165, 1.54) is 5.56 Å². The molecule has 0 aliphatic heterocycles. The Morgan fingerprint density at radius 2 is 1.40 bits per heavy atom. The van der Waals surface area contributed by atoms with Crippen LogP contribution < -0.4 is 4.52 Å². The first-order valence-electron chi connectivity index (χ1n) is 6.96. The van der Waals surface area contributed by atoms with Crippen LogP contribution in [-0.4, -0.2) is 9.79 Å². The number of rotatable bonds is 5. The first-order chi connectivity index (χ1) is 9.04. The average Bonchev–Trinajstić information content (AvgIpc) is 2.24. The van der Waals surface area contributed by atoms with Crippen molar-refractivity contribution in [3.05, 3.63) is 28.8 Å². The summed E-state index contributed by atoms with van der Waals surface area (Å²) in [6, 6.07) is 3.59. The summed E-state index contributed by atoms with van der Waals surface area (Å²) in [6.07, 6.45) is 0. The molecule has 0 fully saturated rings. The minimum absolute atomic E-state index is 0.132. The highest BCUT2D eigenvalue weighted by molar-refractivity contribution is 7.46. The van der Waals surface area contributed by atoms with Crippen LogP contribution in [0.3, 0.4) is 0 Å². The van der Waals surface area contributed by atoms with Gasteiger partial charge in [-0.05, 0) is 34.9 Å². The average molecular weight is 300 g/mol. The normalized spacial score (nSPS) is 12.6. The molecule has 0 bridgehead atoms. The summed E-state index contributed by atoms with van der Waals surface area (Å²) in [6.45, 7) is 12.4. The molecule has 5 heteroatoms. The van der Waals surface area contributed by atoms with Gasteiger partial charge in [-0.15, -0.1) is 0 Å².